The van der Waals surface area contributed by atoms with Gasteiger partial charge in [0, 0.05) is 6.54 Å². The number of carbonyl (C=O) groups excluding carboxylic acids is 1. The Morgan fingerprint density at radius 2 is 1.95 bits per heavy atom. The van der Waals surface area contributed by atoms with E-state index >= 15 is 0 Å². The first-order chi connectivity index (χ1) is 9.79. The van der Waals surface area contributed by atoms with Crippen LogP contribution in [0.2, 0.25) is 0 Å². The molecule has 1 fully saturated rings. The molecule has 1 heterocycles. The van der Waals surface area contributed by atoms with Gasteiger partial charge in [0.25, 0.3) is 0 Å². The number of hydrogen-bond acceptors (Lipinski definition) is 3. The number of hydrogen-bond donors (Lipinski definition) is 1. The molecule has 1 aliphatic heterocycles. The molecule has 1 aromatic rings. The maximum atomic E-state index is 13.0. The van der Waals surface area contributed by atoms with Crippen molar-refractivity contribution in [3.8, 4) is 0 Å². The van der Waals surface area contributed by atoms with Gasteiger partial charge in [0.2, 0.25) is 5.91 Å². The zero-order valence-corrected chi connectivity index (χ0v) is 14.0. The molecule has 0 aliphatic carbocycles. The second-order valence-corrected chi connectivity index (χ2v) is 6.54. The second-order valence-electron chi connectivity index (χ2n) is 6.54. The molecule has 1 amide bonds. The van der Waals surface area contributed by atoms with Gasteiger partial charge in [0.1, 0.15) is 11.9 Å². The molecular weight excluding hydrogens is 307 g/mol. The summed E-state index contributed by atoms with van der Waals surface area (Å²) in [5.74, 6) is -0.338. The molecule has 6 heteroatoms. The average molecular weight is 331 g/mol. The fourth-order valence-corrected chi connectivity index (χ4v) is 2.30. The quantitative estimate of drug-likeness (QED) is 0.906. The molecule has 4 nitrogen and oxygen atoms in total. The van der Waals surface area contributed by atoms with Crippen molar-refractivity contribution in [1.29, 1.82) is 0 Å². The zero-order chi connectivity index (χ0) is 15.6. The molecule has 2 rings (SSSR count). The van der Waals surface area contributed by atoms with Gasteiger partial charge in [-0.05, 0) is 23.1 Å². The van der Waals surface area contributed by atoms with Crippen LogP contribution in [0.5, 0.6) is 0 Å². The molecule has 2 atom stereocenters. The minimum atomic E-state index is -0.538. The summed E-state index contributed by atoms with van der Waals surface area (Å²) in [6.07, 6.45) is -0.226. The van der Waals surface area contributed by atoms with E-state index in [1.54, 1.807) is 17.0 Å². The Hall–Kier alpha value is -1.17. The SMILES string of the molecule is CC(C)(C)[C@H](N)C(=O)N1CCOC(c2ccc(F)cc2)C1.Cl. The summed E-state index contributed by atoms with van der Waals surface area (Å²) in [5, 5.41) is 0. The Morgan fingerprint density at radius 3 is 2.50 bits per heavy atom. The first-order valence-electron chi connectivity index (χ1n) is 7.20. The van der Waals surface area contributed by atoms with Crippen molar-refractivity contribution < 1.29 is 13.9 Å². The number of carbonyl (C=O) groups is 1. The van der Waals surface area contributed by atoms with E-state index in [1.165, 1.54) is 12.1 Å². The molecule has 1 saturated heterocycles. The lowest BCUT2D eigenvalue weighted by molar-refractivity contribution is -0.142. The highest BCUT2D eigenvalue weighted by Crippen LogP contribution is 2.25. The maximum Gasteiger partial charge on any atom is 0.240 e. The van der Waals surface area contributed by atoms with E-state index in [-0.39, 0.29) is 35.7 Å². The highest BCUT2D eigenvalue weighted by molar-refractivity contribution is 5.85. The van der Waals surface area contributed by atoms with E-state index < -0.39 is 6.04 Å². The van der Waals surface area contributed by atoms with Gasteiger partial charge in [0.15, 0.2) is 0 Å². The summed E-state index contributed by atoms with van der Waals surface area (Å²) in [4.78, 5) is 14.2. The van der Waals surface area contributed by atoms with E-state index in [0.29, 0.717) is 19.7 Å². The van der Waals surface area contributed by atoms with Crippen molar-refractivity contribution in [2.45, 2.75) is 32.9 Å². The van der Waals surface area contributed by atoms with Gasteiger partial charge >= 0.3 is 0 Å². The number of morpholine rings is 1. The van der Waals surface area contributed by atoms with Gasteiger partial charge in [0.05, 0.1) is 19.2 Å². The van der Waals surface area contributed by atoms with Crippen molar-refractivity contribution >= 4 is 18.3 Å². The van der Waals surface area contributed by atoms with Gasteiger partial charge in [-0.15, -0.1) is 12.4 Å². The van der Waals surface area contributed by atoms with Gasteiger partial charge in [-0.2, -0.15) is 0 Å². The second kappa shape index (κ2) is 7.40. The highest BCUT2D eigenvalue weighted by atomic mass is 35.5. The average Bonchev–Trinajstić information content (AvgIpc) is 2.45. The van der Waals surface area contributed by atoms with Crippen LogP contribution >= 0.6 is 12.4 Å². The standard InChI is InChI=1S/C16H23FN2O2.ClH/c1-16(2,3)14(18)15(20)19-8-9-21-13(10-19)11-4-6-12(17)7-5-11;/h4-7,13-14H,8-10,18H2,1-3H3;1H/t13?,14-;/m1./s1. The van der Waals surface area contributed by atoms with E-state index in [4.69, 9.17) is 10.5 Å². The minimum Gasteiger partial charge on any atom is -0.370 e. The number of nitrogens with two attached hydrogens (primary N) is 1. The maximum absolute atomic E-state index is 13.0. The van der Waals surface area contributed by atoms with Crippen LogP contribution in [0.25, 0.3) is 0 Å². The Kier molecular flexibility index (Phi) is 6.35. The van der Waals surface area contributed by atoms with Crippen molar-refractivity contribution in [3.05, 3.63) is 35.6 Å². The summed E-state index contributed by atoms with van der Waals surface area (Å²) in [6.45, 7) is 7.31. The lowest BCUT2D eigenvalue weighted by Crippen LogP contribution is -2.53. The predicted octanol–water partition coefficient (Wildman–Crippen LogP) is 2.52. The molecule has 2 N–H and O–H groups in total. The third-order valence-electron chi connectivity index (χ3n) is 3.82. The topological polar surface area (TPSA) is 55.6 Å². The van der Waals surface area contributed by atoms with Crippen molar-refractivity contribution in [1.82, 2.24) is 4.90 Å². The van der Waals surface area contributed by atoms with Crippen molar-refractivity contribution in [2.75, 3.05) is 19.7 Å². The van der Waals surface area contributed by atoms with E-state index in [1.807, 2.05) is 20.8 Å². The molecular formula is C16H24ClFN2O2. The lowest BCUT2D eigenvalue weighted by Gasteiger charge is -2.37. The van der Waals surface area contributed by atoms with Crippen LogP contribution in [0.1, 0.15) is 32.4 Å². The normalized spacial score (nSPS) is 20.2. The molecule has 0 aromatic heterocycles. The Balaban J connectivity index is 0.00000242. The van der Waals surface area contributed by atoms with Gasteiger partial charge in [-0.1, -0.05) is 32.9 Å². The van der Waals surface area contributed by atoms with Gasteiger partial charge < -0.3 is 15.4 Å². The van der Waals surface area contributed by atoms with Crippen LogP contribution in [-0.4, -0.2) is 36.5 Å². The van der Waals surface area contributed by atoms with Crippen LogP contribution in [0, 0.1) is 11.2 Å². The molecule has 1 aromatic carbocycles. The number of ether oxygens (including phenoxy) is 1. The summed E-state index contributed by atoms with van der Waals surface area (Å²) < 4.78 is 18.7. The van der Waals surface area contributed by atoms with Crippen molar-refractivity contribution in [3.63, 3.8) is 0 Å². The monoisotopic (exact) mass is 330 g/mol. The molecule has 1 aliphatic rings. The number of nitrogens with zero attached hydrogens (tertiary/aromatic N) is 1. The Bertz CT molecular complexity index is 502. The number of rotatable bonds is 2. The number of benzene rings is 1. The largest absolute Gasteiger partial charge is 0.370 e. The zero-order valence-electron chi connectivity index (χ0n) is 13.2. The molecule has 0 spiro atoms. The fourth-order valence-electron chi connectivity index (χ4n) is 2.30. The fraction of sp³-hybridized carbons (Fsp3) is 0.562. The minimum absolute atomic E-state index is 0. The first-order valence-corrected chi connectivity index (χ1v) is 7.20. The third kappa shape index (κ3) is 4.41. The molecule has 0 radical (unpaired) electrons. The van der Waals surface area contributed by atoms with Crippen LogP contribution in [0.4, 0.5) is 4.39 Å². The Labute approximate surface area is 137 Å². The van der Waals surface area contributed by atoms with Crippen LogP contribution in [0.3, 0.4) is 0 Å². The lowest BCUT2D eigenvalue weighted by atomic mass is 9.86. The van der Waals surface area contributed by atoms with Crippen LogP contribution in [0.15, 0.2) is 24.3 Å². The molecule has 22 heavy (non-hydrogen) atoms. The Morgan fingerprint density at radius 1 is 1.36 bits per heavy atom. The van der Waals surface area contributed by atoms with Crippen molar-refractivity contribution in [2.24, 2.45) is 11.1 Å². The summed E-state index contributed by atoms with van der Waals surface area (Å²) in [6, 6.07) is 5.65. The molecule has 0 bridgehead atoms. The predicted molar refractivity (Wildman–Crippen MR) is 86.4 cm³/mol. The van der Waals surface area contributed by atoms with E-state index in [2.05, 4.69) is 0 Å². The smallest absolute Gasteiger partial charge is 0.240 e. The number of amides is 1. The van der Waals surface area contributed by atoms with Crippen LogP contribution < -0.4 is 5.73 Å². The van der Waals surface area contributed by atoms with Gasteiger partial charge in [-0.3, -0.25) is 4.79 Å². The first kappa shape index (κ1) is 18.9. The molecule has 0 saturated carbocycles. The molecule has 1 unspecified atom stereocenters. The molecule has 124 valence electrons. The summed E-state index contributed by atoms with van der Waals surface area (Å²) in [7, 11) is 0. The van der Waals surface area contributed by atoms with E-state index in [0.717, 1.165) is 5.56 Å². The summed E-state index contributed by atoms with van der Waals surface area (Å²) >= 11 is 0. The highest BCUT2D eigenvalue weighted by Gasteiger charge is 2.34. The van der Waals surface area contributed by atoms with Gasteiger partial charge in [-0.25, -0.2) is 4.39 Å². The third-order valence-corrected chi connectivity index (χ3v) is 3.82. The van der Waals surface area contributed by atoms with E-state index in [9.17, 15) is 9.18 Å². The summed E-state index contributed by atoms with van der Waals surface area (Å²) in [5.41, 5.74) is 6.64. The number of halogens is 2. The van der Waals surface area contributed by atoms with Crippen LogP contribution in [-0.2, 0) is 9.53 Å².